The van der Waals surface area contributed by atoms with Gasteiger partial charge in [-0.25, -0.2) is 0 Å². The summed E-state index contributed by atoms with van der Waals surface area (Å²) in [6, 6.07) is 0. The zero-order valence-electron chi connectivity index (χ0n) is 7.66. The maximum atomic E-state index is 13.0. The Bertz CT molecular complexity index is 235. The molecule has 0 amide bonds. The first kappa shape index (κ1) is 12.6. The normalized spacial score (nSPS) is 39.0. The Morgan fingerprint density at radius 3 is 2.20 bits per heavy atom. The molecular weight excluding hydrogens is 224 g/mol. The fraction of sp³-hybridized carbons (Fsp3) is 1.00. The summed E-state index contributed by atoms with van der Waals surface area (Å²) in [5.74, 6) is -9.35. The standard InChI is InChI=1S/C7H10F4O4/c1-14-5-4(13)7(10,11)6(8,9)3(2-12)15-5/h3-5,12-13H,2H2,1H3/t3-,4-,5-/m0/s1. The highest BCUT2D eigenvalue weighted by molar-refractivity contribution is 5.01. The molecule has 1 heterocycles. The van der Waals surface area contributed by atoms with Gasteiger partial charge in [0.1, 0.15) is 0 Å². The molecule has 1 aliphatic rings. The zero-order valence-corrected chi connectivity index (χ0v) is 7.66. The molecule has 1 saturated heterocycles. The Balaban J connectivity index is 3.01. The van der Waals surface area contributed by atoms with Crippen LogP contribution in [0.3, 0.4) is 0 Å². The minimum Gasteiger partial charge on any atom is -0.393 e. The summed E-state index contributed by atoms with van der Waals surface area (Å²) in [4.78, 5) is 0. The molecule has 4 nitrogen and oxygen atoms in total. The second kappa shape index (κ2) is 3.85. The summed E-state index contributed by atoms with van der Waals surface area (Å²) in [5.41, 5.74) is 0. The fourth-order valence-corrected chi connectivity index (χ4v) is 1.25. The van der Waals surface area contributed by atoms with E-state index in [0.29, 0.717) is 0 Å². The van der Waals surface area contributed by atoms with E-state index in [1.54, 1.807) is 0 Å². The molecule has 15 heavy (non-hydrogen) atoms. The van der Waals surface area contributed by atoms with Crippen LogP contribution in [0.25, 0.3) is 0 Å². The van der Waals surface area contributed by atoms with E-state index in [2.05, 4.69) is 9.47 Å². The van der Waals surface area contributed by atoms with Gasteiger partial charge in [-0.05, 0) is 0 Å². The van der Waals surface area contributed by atoms with Gasteiger partial charge in [-0.2, -0.15) is 17.6 Å². The van der Waals surface area contributed by atoms with Crippen molar-refractivity contribution < 1.29 is 37.2 Å². The van der Waals surface area contributed by atoms with Gasteiger partial charge in [0.2, 0.25) is 0 Å². The van der Waals surface area contributed by atoms with Crippen molar-refractivity contribution in [1.82, 2.24) is 0 Å². The van der Waals surface area contributed by atoms with Gasteiger partial charge in [0.15, 0.2) is 18.5 Å². The van der Waals surface area contributed by atoms with Crippen LogP contribution in [0.15, 0.2) is 0 Å². The van der Waals surface area contributed by atoms with E-state index >= 15 is 0 Å². The van der Waals surface area contributed by atoms with Crippen LogP contribution in [-0.2, 0) is 9.47 Å². The quantitative estimate of drug-likeness (QED) is 0.659. The number of alkyl halides is 4. The lowest BCUT2D eigenvalue weighted by Crippen LogP contribution is -2.67. The van der Waals surface area contributed by atoms with Gasteiger partial charge < -0.3 is 19.7 Å². The van der Waals surface area contributed by atoms with Crippen LogP contribution in [0.2, 0.25) is 0 Å². The smallest absolute Gasteiger partial charge is 0.343 e. The molecule has 0 unspecified atom stereocenters. The maximum Gasteiger partial charge on any atom is 0.343 e. The van der Waals surface area contributed by atoms with E-state index in [-0.39, 0.29) is 0 Å². The molecular formula is C7H10F4O4. The number of hydrogen-bond acceptors (Lipinski definition) is 4. The third kappa shape index (κ3) is 1.71. The summed E-state index contributed by atoms with van der Waals surface area (Å²) in [5, 5.41) is 17.4. The van der Waals surface area contributed by atoms with Gasteiger partial charge in [0.25, 0.3) is 0 Å². The highest BCUT2D eigenvalue weighted by atomic mass is 19.3. The first-order chi connectivity index (χ1) is 6.79. The monoisotopic (exact) mass is 234 g/mol. The summed E-state index contributed by atoms with van der Waals surface area (Å²) >= 11 is 0. The first-order valence-corrected chi connectivity index (χ1v) is 4.01. The third-order valence-corrected chi connectivity index (χ3v) is 2.17. The predicted octanol–water partition coefficient (Wildman–Crippen LogP) is -0.0185. The average molecular weight is 234 g/mol. The molecule has 1 aliphatic heterocycles. The fourth-order valence-electron chi connectivity index (χ4n) is 1.25. The van der Waals surface area contributed by atoms with E-state index in [0.717, 1.165) is 7.11 Å². The molecule has 0 aromatic carbocycles. The van der Waals surface area contributed by atoms with E-state index in [4.69, 9.17) is 10.2 Å². The summed E-state index contributed by atoms with van der Waals surface area (Å²) < 4.78 is 60.4. The van der Waals surface area contributed by atoms with Crippen molar-refractivity contribution in [2.75, 3.05) is 13.7 Å². The molecule has 3 atom stereocenters. The number of ether oxygens (including phenoxy) is 2. The summed E-state index contributed by atoms with van der Waals surface area (Å²) in [6.45, 7) is -1.30. The Morgan fingerprint density at radius 2 is 1.80 bits per heavy atom. The number of methoxy groups -OCH3 is 1. The minimum absolute atomic E-state index is 0.919. The van der Waals surface area contributed by atoms with Crippen molar-refractivity contribution in [3.63, 3.8) is 0 Å². The van der Waals surface area contributed by atoms with Crippen molar-refractivity contribution in [3.8, 4) is 0 Å². The summed E-state index contributed by atoms with van der Waals surface area (Å²) in [6.07, 6.45) is -7.07. The molecule has 1 rings (SSSR count). The molecule has 0 aromatic heterocycles. The van der Waals surface area contributed by atoms with Crippen LogP contribution in [0, 0.1) is 0 Å². The second-order valence-corrected chi connectivity index (χ2v) is 3.10. The Labute approximate surface area is 82.4 Å². The zero-order chi connectivity index (χ0) is 11.9. The Kier molecular flexibility index (Phi) is 3.24. The lowest BCUT2D eigenvalue weighted by molar-refractivity contribution is -0.390. The van der Waals surface area contributed by atoms with Crippen LogP contribution < -0.4 is 0 Å². The molecule has 0 aromatic rings. The van der Waals surface area contributed by atoms with Gasteiger partial charge in [-0.15, -0.1) is 0 Å². The van der Waals surface area contributed by atoms with Crippen molar-refractivity contribution >= 4 is 0 Å². The topological polar surface area (TPSA) is 58.9 Å². The molecule has 1 fully saturated rings. The van der Waals surface area contributed by atoms with Crippen LogP contribution >= 0.6 is 0 Å². The van der Waals surface area contributed by atoms with E-state index < -0.39 is 36.9 Å². The number of hydrogen-bond donors (Lipinski definition) is 2. The lowest BCUT2D eigenvalue weighted by Gasteiger charge is -2.43. The van der Waals surface area contributed by atoms with Gasteiger partial charge in [-0.1, -0.05) is 0 Å². The molecule has 8 heteroatoms. The van der Waals surface area contributed by atoms with Crippen LogP contribution in [0.4, 0.5) is 17.6 Å². The predicted molar refractivity (Wildman–Crippen MR) is 38.7 cm³/mol. The van der Waals surface area contributed by atoms with Gasteiger partial charge in [-0.3, -0.25) is 0 Å². The van der Waals surface area contributed by atoms with Gasteiger partial charge >= 0.3 is 11.8 Å². The molecule has 2 N–H and O–H groups in total. The average Bonchev–Trinajstić information content (AvgIpc) is 2.16. The van der Waals surface area contributed by atoms with Gasteiger partial charge in [0.05, 0.1) is 6.61 Å². The van der Waals surface area contributed by atoms with Crippen molar-refractivity contribution in [3.05, 3.63) is 0 Å². The van der Waals surface area contributed by atoms with Crippen LogP contribution in [0.5, 0.6) is 0 Å². The summed E-state index contributed by atoms with van der Waals surface area (Å²) in [7, 11) is 0.919. The lowest BCUT2D eigenvalue weighted by atomic mass is 9.97. The van der Waals surface area contributed by atoms with Crippen molar-refractivity contribution in [1.29, 1.82) is 0 Å². The van der Waals surface area contributed by atoms with Crippen LogP contribution in [0.1, 0.15) is 0 Å². The number of halogens is 4. The third-order valence-electron chi connectivity index (χ3n) is 2.17. The molecule has 0 spiro atoms. The minimum atomic E-state index is -4.71. The number of aliphatic hydroxyl groups excluding tert-OH is 2. The Morgan fingerprint density at radius 1 is 1.27 bits per heavy atom. The van der Waals surface area contributed by atoms with Gasteiger partial charge in [0, 0.05) is 7.11 Å². The molecule has 0 aliphatic carbocycles. The SMILES string of the molecule is CO[C@H]1O[C@@H](CO)C(F)(F)C(F)(F)[C@H]1O. The largest absolute Gasteiger partial charge is 0.393 e. The van der Waals surface area contributed by atoms with Crippen LogP contribution in [-0.4, -0.2) is 54.3 Å². The molecule has 0 radical (unpaired) electrons. The second-order valence-electron chi connectivity index (χ2n) is 3.10. The van der Waals surface area contributed by atoms with E-state index in [1.165, 1.54) is 0 Å². The molecule has 0 saturated carbocycles. The number of aliphatic hydroxyl groups is 2. The van der Waals surface area contributed by atoms with Crippen molar-refractivity contribution in [2.45, 2.75) is 30.3 Å². The number of rotatable bonds is 2. The van der Waals surface area contributed by atoms with E-state index in [9.17, 15) is 17.6 Å². The molecule has 0 bridgehead atoms. The van der Waals surface area contributed by atoms with E-state index in [1.807, 2.05) is 0 Å². The van der Waals surface area contributed by atoms with Crippen molar-refractivity contribution in [2.24, 2.45) is 0 Å². The molecule has 90 valence electrons. The highest BCUT2D eigenvalue weighted by Gasteiger charge is 2.71. The first-order valence-electron chi connectivity index (χ1n) is 4.01. The maximum absolute atomic E-state index is 13.0. The highest BCUT2D eigenvalue weighted by Crippen LogP contribution is 2.45. The Hall–Kier alpha value is -0.440.